The number of hydrogen-bond acceptors (Lipinski definition) is 5. The van der Waals surface area contributed by atoms with Gasteiger partial charge in [-0.05, 0) is 65.2 Å². The largest absolute Gasteiger partial charge is 0.397 e. The van der Waals surface area contributed by atoms with Crippen LogP contribution >= 0.6 is 0 Å². The summed E-state index contributed by atoms with van der Waals surface area (Å²) in [5.41, 5.74) is 12.1. The molecule has 5 aromatic rings. The molecule has 0 saturated carbocycles. The summed E-state index contributed by atoms with van der Waals surface area (Å²) in [6.45, 7) is 1.99. The predicted molar refractivity (Wildman–Crippen MR) is 147 cm³/mol. The zero-order valence-corrected chi connectivity index (χ0v) is 20.2. The van der Waals surface area contributed by atoms with Crippen LogP contribution in [0.15, 0.2) is 97.5 Å². The molecule has 0 saturated heterocycles. The summed E-state index contributed by atoms with van der Waals surface area (Å²) in [6, 6.07) is 25.6. The molecule has 2 aromatic heterocycles. The molecule has 0 fully saturated rings. The second-order valence-corrected chi connectivity index (χ2v) is 8.72. The van der Waals surface area contributed by atoms with Crippen LogP contribution in [0, 0.1) is 0 Å². The molecular weight excluding hydrogens is 446 g/mol. The number of hydrogen-bond donors (Lipinski definition) is 3. The second kappa shape index (κ2) is 9.88. The predicted octanol–water partition coefficient (Wildman–Crippen LogP) is 6.08. The quantitative estimate of drug-likeness (QED) is 0.260. The van der Waals surface area contributed by atoms with E-state index >= 15 is 0 Å². The molecule has 1 atom stereocenters. The van der Waals surface area contributed by atoms with Crippen molar-refractivity contribution < 1.29 is 4.79 Å². The van der Waals surface area contributed by atoms with E-state index in [0.717, 1.165) is 33.3 Å². The Hall–Kier alpha value is -4.71. The maximum Gasteiger partial charge on any atom is 0.253 e. The number of nitrogens with two attached hydrogens (primary N) is 1. The van der Waals surface area contributed by atoms with Crippen molar-refractivity contribution in [2.75, 3.05) is 18.1 Å². The van der Waals surface area contributed by atoms with Gasteiger partial charge in [0.05, 0.1) is 28.7 Å². The van der Waals surface area contributed by atoms with Crippen molar-refractivity contribution in [3.8, 4) is 22.4 Å². The maximum absolute atomic E-state index is 13.6. The Balaban J connectivity index is 1.52. The highest BCUT2D eigenvalue weighted by atomic mass is 16.1. The lowest BCUT2D eigenvalue weighted by atomic mass is 9.99. The lowest BCUT2D eigenvalue weighted by Crippen LogP contribution is -2.27. The van der Waals surface area contributed by atoms with Crippen LogP contribution in [0.25, 0.3) is 33.2 Å². The summed E-state index contributed by atoms with van der Waals surface area (Å²) in [7, 11) is 1.83. The zero-order chi connectivity index (χ0) is 25.1. The highest BCUT2D eigenvalue weighted by molar-refractivity contribution is 6.01. The molecule has 6 heteroatoms. The van der Waals surface area contributed by atoms with E-state index in [1.165, 1.54) is 5.39 Å². The number of anilines is 2. The third-order valence-electron chi connectivity index (χ3n) is 6.34. The van der Waals surface area contributed by atoms with Crippen molar-refractivity contribution in [1.29, 1.82) is 0 Å². The molecular formula is C30H27N5O. The monoisotopic (exact) mass is 473 g/mol. The van der Waals surface area contributed by atoms with Gasteiger partial charge in [0, 0.05) is 36.8 Å². The Kier molecular flexibility index (Phi) is 6.33. The van der Waals surface area contributed by atoms with Gasteiger partial charge in [-0.3, -0.25) is 14.8 Å². The molecule has 36 heavy (non-hydrogen) atoms. The molecule has 0 spiro atoms. The fourth-order valence-electron chi connectivity index (χ4n) is 4.32. The van der Waals surface area contributed by atoms with Crippen LogP contribution in [0.3, 0.4) is 0 Å². The van der Waals surface area contributed by atoms with Gasteiger partial charge in [0.2, 0.25) is 0 Å². The number of fused-ring (bicyclic) bond motifs is 1. The van der Waals surface area contributed by atoms with E-state index in [9.17, 15) is 4.79 Å². The van der Waals surface area contributed by atoms with Gasteiger partial charge in [-0.15, -0.1) is 0 Å². The second-order valence-electron chi connectivity index (χ2n) is 8.72. The summed E-state index contributed by atoms with van der Waals surface area (Å²) < 4.78 is 0. The Morgan fingerprint density at radius 2 is 1.69 bits per heavy atom. The van der Waals surface area contributed by atoms with Gasteiger partial charge in [-0.25, -0.2) is 0 Å². The van der Waals surface area contributed by atoms with E-state index in [0.29, 0.717) is 16.9 Å². The first-order chi connectivity index (χ1) is 17.5. The number of aromatic nitrogens is 2. The van der Waals surface area contributed by atoms with Crippen molar-refractivity contribution in [1.82, 2.24) is 15.3 Å². The number of amides is 1. The Labute approximate surface area is 210 Å². The number of pyridine rings is 2. The standard InChI is InChI=1S/C30H27N5O/c1-19(21-10-9-20-6-3-4-7-22(20)14-21)35-30(36)26-15-25(23-11-12-27(31)28(16-23)32-2)18-34-29(26)24-8-5-13-33-17-24/h3-19,32H,31H2,1-2H3,(H,35,36)/t19-/m1/s1. The molecule has 0 unspecified atom stereocenters. The van der Waals surface area contributed by atoms with Gasteiger partial charge in [-0.2, -0.15) is 0 Å². The molecule has 2 heterocycles. The SMILES string of the molecule is CNc1cc(-c2cnc(-c3cccnc3)c(C(=O)N[C@H](C)c3ccc4ccccc4c3)c2)ccc1N. The van der Waals surface area contributed by atoms with Crippen LogP contribution in [0.1, 0.15) is 28.9 Å². The summed E-state index contributed by atoms with van der Waals surface area (Å²) in [4.78, 5) is 22.6. The number of nitrogens with one attached hydrogen (secondary N) is 2. The molecule has 6 nitrogen and oxygen atoms in total. The van der Waals surface area contributed by atoms with Crippen molar-refractivity contribution in [2.24, 2.45) is 0 Å². The van der Waals surface area contributed by atoms with E-state index in [-0.39, 0.29) is 11.9 Å². The number of rotatable bonds is 6. The van der Waals surface area contributed by atoms with Gasteiger partial charge in [0.1, 0.15) is 0 Å². The molecule has 0 aliphatic rings. The fourth-order valence-corrected chi connectivity index (χ4v) is 4.32. The normalized spacial score (nSPS) is 11.7. The highest BCUT2D eigenvalue weighted by Crippen LogP contribution is 2.30. The lowest BCUT2D eigenvalue weighted by molar-refractivity contribution is 0.0940. The van der Waals surface area contributed by atoms with Crippen molar-refractivity contribution in [3.63, 3.8) is 0 Å². The number of carbonyl (C=O) groups excluding carboxylic acids is 1. The first-order valence-corrected chi connectivity index (χ1v) is 11.8. The molecule has 0 aliphatic heterocycles. The first kappa shape index (κ1) is 23.1. The van der Waals surface area contributed by atoms with Crippen LogP contribution < -0.4 is 16.4 Å². The Morgan fingerprint density at radius 1 is 0.861 bits per heavy atom. The molecule has 5 rings (SSSR count). The number of nitrogens with zero attached hydrogens (tertiary/aromatic N) is 2. The van der Waals surface area contributed by atoms with Crippen LogP contribution in [-0.2, 0) is 0 Å². The molecule has 4 N–H and O–H groups in total. The molecule has 3 aromatic carbocycles. The van der Waals surface area contributed by atoms with E-state index < -0.39 is 0 Å². The van der Waals surface area contributed by atoms with E-state index in [1.54, 1.807) is 18.6 Å². The smallest absolute Gasteiger partial charge is 0.253 e. The fraction of sp³-hybridized carbons (Fsp3) is 0.100. The van der Waals surface area contributed by atoms with Crippen molar-refractivity contribution in [3.05, 3.63) is 109 Å². The average molecular weight is 474 g/mol. The summed E-state index contributed by atoms with van der Waals surface area (Å²) >= 11 is 0. The molecule has 178 valence electrons. The number of nitrogen functional groups attached to an aromatic ring is 1. The van der Waals surface area contributed by atoms with E-state index in [2.05, 4.69) is 45.9 Å². The summed E-state index contributed by atoms with van der Waals surface area (Å²) in [5, 5.41) is 8.58. The van der Waals surface area contributed by atoms with Crippen LogP contribution in [0.4, 0.5) is 11.4 Å². The van der Waals surface area contributed by atoms with Crippen LogP contribution in [0.5, 0.6) is 0 Å². The minimum absolute atomic E-state index is 0.195. The molecule has 0 bridgehead atoms. The molecule has 1 amide bonds. The van der Waals surface area contributed by atoms with Gasteiger partial charge >= 0.3 is 0 Å². The lowest BCUT2D eigenvalue weighted by Gasteiger charge is -2.17. The molecule has 0 aliphatic carbocycles. The Bertz CT molecular complexity index is 1550. The van der Waals surface area contributed by atoms with Gasteiger partial charge < -0.3 is 16.4 Å². The van der Waals surface area contributed by atoms with Gasteiger partial charge in [0.25, 0.3) is 5.91 Å². The van der Waals surface area contributed by atoms with Gasteiger partial charge in [-0.1, -0.05) is 42.5 Å². The Morgan fingerprint density at radius 3 is 2.47 bits per heavy atom. The minimum atomic E-state index is -0.201. The first-order valence-electron chi connectivity index (χ1n) is 11.8. The van der Waals surface area contributed by atoms with Crippen LogP contribution in [-0.4, -0.2) is 22.9 Å². The minimum Gasteiger partial charge on any atom is -0.397 e. The number of benzene rings is 3. The summed E-state index contributed by atoms with van der Waals surface area (Å²) in [6.07, 6.45) is 5.19. The number of carbonyl (C=O) groups is 1. The van der Waals surface area contributed by atoms with E-state index in [1.807, 2.05) is 62.5 Å². The topological polar surface area (TPSA) is 92.9 Å². The van der Waals surface area contributed by atoms with Gasteiger partial charge in [0.15, 0.2) is 0 Å². The van der Waals surface area contributed by atoms with Crippen LogP contribution in [0.2, 0.25) is 0 Å². The average Bonchev–Trinajstić information content (AvgIpc) is 2.93. The van der Waals surface area contributed by atoms with Crippen molar-refractivity contribution >= 4 is 28.1 Å². The van der Waals surface area contributed by atoms with E-state index in [4.69, 9.17) is 10.7 Å². The van der Waals surface area contributed by atoms with Crippen molar-refractivity contribution in [2.45, 2.75) is 13.0 Å². The maximum atomic E-state index is 13.6. The third kappa shape index (κ3) is 4.61. The zero-order valence-electron chi connectivity index (χ0n) is 20.2. The molecule has 0 radical (unpaired) electrons. The highest BCUT2D eigenvalue weighted by Gasteiger charge is 2.19. The third-order valence-corrected chi connectivity index (χ3v) is 6.34. The summed E-state index contributed by atoms with van der Waals surface area (Å²) in [5.74, 6) is -0.201.